The Morgan fingerprint density at radius 3 is 2.67 bits per heavy atom. The molecule has 124 valence electrons. The number of esters is 1. The first kappa shape index (κ1) is 17.4. The van der Waals surface area contributed by atoms with Gasteiger partial charge in [-0.15, -0.1) is 0 Å². The van der Waals surface area contributed by atoms with Crippen molar-refractivity contribution in [2.45, 2.75) is 6.92 Å². The highest BCUT2D eigenvalue weighted by atomic mass is 35.5. The number of amides is 1. The molecule has 0 spiro atoms. The van der Waals surface area contributed by atoms with E-state index in [0.29, 0.717) is 5.69 Å². The molecule has 1 amide bonds. The molecule has 0 radical (unpaired) electrons. The number of aryl methyl sites for hydroxylation is 1. The van der Waals surface area contributed by atoms with Gasteiger partial charge in [-0.3, -0.25) is 14.9 Å². The topological polar surface area (TPSA) is 98.5 Å². The van der Waals surface area contributed by atoms with E-state index < -0.39 is 29.1 Å². The van der Waals surface area contributed by atoms with Gasteiger partial charge in [0.1, 0.15) is 5.02 Å². The van der Waals surface area contributed by atoms with E-state index in [9.17, 15) is 19.7 Å². The van der Waals surface area contributed by atoms with Crippen LogP contribution in [0, 0.1) is 17.0 Å². The van der Waals surface area contributed by atoms with Gasteiger partial charge in [0, 0.05) is 11.8 Å². The van der Waals surface area contributed by atoms with E-state index in [1.807, 2.05) is 13.0 Å². The predicted molar refractivity (Wildman–Crippen MR) is 88.2 cm³/mol. The standard InChI is InChI=1S/C16H13ClN2O5/c1-10-3-2-4-12(7-10)18-15(20)9-24-16(21)11-5-6-13(17)14(8-11)19(22)23/h2-8H,9H2,1H3,(H,18,20). The van der Waals surface area contributed by atoms with E-state index in [1.54, 1.807) is 18.2 Å². The number of carbonyl (C=O) groups excluding carboxylic acids is 2. The molecule has 0 aliphatic carbocycles. The SMILES string of the molecule is Cc1cccc(NC(=O)COC(=O)c2ccc(Cl)c([N+](=O)[O-])c2)c1. The van der Waals surface area contributed by atoms with Crippen LogP contribution >= 0.6 is 11.6 Å². The molecule has 1 N–H and O–H groups in total. The van der Waals surface area contributed by atoms with Gasteiger partial charge in [0.25, 0.3) is 11.6 Å². The van der Waals surface area contributed by atoms with Crippen LogP contribution in [0.4, 0.5) is 11.4 Å². The lowest BCUT2D eigenvalue weighted by atomic mass is 10.2. The van der Waals surface area contributed by atoms with Crippen LogP contribution in [0.15, 0.2) is 42.5 Å². The summed E-state index contributed by atoms with van der Waals surface area (Å²) < 4.78 is 4.85. The van der Waals surface area contributed by atoms with E-state index in [1.165, 1.54) is 12.1 Å². The highest BCUT2D eigenvalue weighted by molar-refractivity contribution is 6.32. The van der Waals surface area contributed by atoms with Crippen LogP contribution in [0.5, 0.6) is 0 Å². The monoisotopic (exact) mass is 348 g/mol. The molecule has 0 aromatic heterocycles. The number of benzene rings is 2. The molecule has 0 atom stereocenters. The second-order valence-electron chi connectivity index (χ2n) is 4.92. The molecule has 0 heterocycles. The van der Waals surface area contributed by atoms with Crippen molar-refractivity contribution in [2.75, 3.05) is 11.9 Å². The highest BCUT2D eigenvalue weighted by Gasteiger charge is 2.18. The summed E-state index contributed by atoms with van der Waals surface area (Å²) in [6, 6.07) is 10.6. The normalized spacial score (nSPS) is 10.1. The van der Waals surface area contributed by atoms with Crippen molar-refractivity contribution in [3.05, 3.63) is 68.7 Å². The first-order valence-corrected chi connectivity index (χ1v) is 7.22. The van der Waals surface area contributed by atoms with E-state index in [4.69, 9.17) is 16.3 Å². The fourth-order valence-electron chi connectivity index (χ4n) is 1.91. The lowest BCUT2D eigenvalue weighted by Gasteiger charge is -2.07. The Bertz CT molecular complexity index is 807. The summed E-state index contributed by atoms with van der Waals surface area (Å²) in [6.07, 6.45) is 0. The minimum Gasteiger partial charge on any atom is -0.452 e. The van der Waals surface area contributed by atoms with E-state index in [2.05, 4.69) is 5.32 Å². The number of halogens is 1. The van der Waals surface area contributed by atoms with E-state index in [0.717, 1.165) is 11.6 Å². The molecule has 0 bridgehead atoms. The van der Waals surface area contributed by atoms with Crippen molar-refractivity contribution >= 4 is 34.9 Å². The molecule has 0 saturated carbocycles. The molecule has 0 saturated heterocycles. The number of ether oxygens (including phenoxy) is 1. The number of hydrogen-bond acceptors (Lipinski definition) is 5. The molecule has 0 aliphatic rings. The Morgan fingerprint density at radius 2 is 2.00 bits per heavy atom. The van der Waals surface area contributed by atoms with Gasteiger partial charge < -0.3 is 10.1 Å². The minimum atomic E-state index is -0.853. The zero-order chi connectivity index (χ0) is 17.7. The van der Waals surface area contributed by atoms with Crippen molar-refractivity contribution < 1.29 is 19.2 Å². The van der Waals surface area contributed by atoms with Gasteiger partial charge in [0.15, 0.2) is 6.61 Å². The van der Waals surface area contributed by atoms with E-state index >= 15 is 0 Å². The van der Waals surface area contributed by atoms with Crippen LogP contribution in [0.1, 0.15) is 15.9 Å². The molecule has 0 fully saturated rings. The van der Waals surface area contributed by atoms with E-state index in [-0.39, 0.29) is 10.6 Å². The van der Waals surface area contributed by atoms with Crippen LogP contribution in [0.2, 0.25) is 5.02 Å². The Labute approximate surface area is 142 Å². The third-order valence-corrected chi connectivity index (χ3v) is 3.33. The largest absolute Gasteiger partial charge is 0.452 e. The number of nitrogens with zero attached hydrogens (tertiary/aromatic N) is 1. The Balaban J connectivity index is 1.96. The first-order chi connectivity index (χ1) is 11.4. The zero-order valence-electron chi connectivity index (χ0n) is 12.6. The summed E-state index contributed by atoms with van der Waals surface area (Å²) >= 11 is 5.67. The van der Waals surface area contributed by atoms with Gasteiger partial charge in [0.05, 0.1) is 10.5 Å². The maximum atomic E-state index is 11.9. The average Bonchev–Trinajstić information content (AvgIpc) is 2.52. The second kappa shape index (κ2) is 7.56. The fraction of sp³-hybridized carbons (Fsp3) is 0.125. The number of rotatable bonds is 5. The predicted octanol–water partition coefficient (Wildman–Crippen LogP) is 3.35. The zero-order valence-corrected chi connectivity index (χ0v) is 13.4. The van der Waals surface area contributed by atoms with Crippen molar-refractivity contribution in [1.29, 1.82) is 0 Å². The van der Waals surface area contributed by atoms with Gasteiger partial charge in [-0.05, 0) is 36.8 Å². The molecule has 7 nitrogen and oxygen atoms in total. The quantitative estimate of drug-likeness (QED) is 0.507. The van der Waals surface area contributed by atoms with Crippen LogP contribution in [0.25, 0.3) is 0 Å². The van der Waals surface area contributed by atoms with Crippen LogP contribution < -0.4 is 5.32 Å². The summed E-state index contributed by atoms with van der Waals surface area (Å²) in [7, 11) is 0. The summed E-state index contributed by atoms with van der Waals surface area (Å²) in [4.78, 5) is 33.7. The highest BCUT2D eigenvalue weighted by Crippen LogP contribution is 2.25. The number of hydrogen-bond donors (Lipinski definition) is 1. The number of nitro benzene ring substituents is 1. The minimum absolute atomic E-state index is 0.0607. The Kier molecular flexibility index (Phi) is 5.49. The van der Waals surface area contributed by atoms with Crippen molar-refractivity contribution in [3.8, 4) is 0 Å². The number of carbonyl (C=O) groups is 2. The lowest BCUT2D eigenvalue weighted by Crippen LogP contribution is -2.21. The van der Waals surface area contributed by atoms with Crippen LogP contribution in [0.3, 0.4) is 0 Å². The molecule has 0 unspecified atom stereocenters. The molecule has 2 rings (SSSR count). The van der Waals surface area contributed by atoms with Gasteiger partial charge in [-0.2, -0.15) is 0 Å². The molecular weight excluding hydrogens is 336 g/mol. The molecule has 8 heteroatoms. The second-order valence-corrected chi connectivity index (χ2v) is 5.32. The van der Waals surface area contributed by atoms with Crippen molar-refractivity contribution in [3.63, 3.8) is 0 Å². The maximum absolute atomic E-state index is 11.9. The summed E-state index contributed by atoms with van der Waals surface area (Å²) in [5, 5.41) is 13.3. The molecule has 2 aromatic rings. The third-order valence-electron chi connectivity index (χ3n) is 3.01. The smallest absolute Gasteiger partial charge is 0.338 e. The number of nitrogens with one attached hydrogen (secondary N) is 1. The van der Waals surface area contributed by atoms with Crippen molar-refractivity contribution in [2.24, 2.45) is 0 Å². The summed E-state index contributed by atoms with van der Waals surface area (Å²) in [5.41, 5.74) is 1.08. The Hall–Kier alpha value is -2.93. The molecule has 2 aromatic carbocycles. The lowest BCUT2D eigenvalue weighted by molar-refractivity contribution is -0.384. The van der Waals surface area contributed by atoms with Gasteiger partial charge in [-0.1, -0.05) is 23.7 Å². The van der Waals surface area contributed by atoms with Gasteiger partial charge in [-0.25, -0.2) is 4.79 Å². The molecule has 24 heavy (non-hydrogen) atoms. The maximum Gasteiger partial charge on any atom is 0.338 e. The fourth-order valence-corrected chi connectivity index (χ4v) is 2.10. The first-order valence-electron chi connectivity index (χ1n) is 6.84. The Morgan fingerprint density at radius 1 is 1.25 bits per heavy atom. The van der Waals surface area contributed by atoms with Crippen LogP contribution in [-0.4, -0.2) is 23.4 Å². The average molecular weight is 349 g/mol. The van der Waals surface area contributed by atoms with Crippen LogP contribution in [-0.2, 0) is 9.53 Å². The molecular formula is C16H13ClN2O5. The number of nitro groups is 1. The molecule has 0 aliphatic heterocycles. The number of anilines is 1. The van der Waals surface area contributed by atoms with Crippen molar-refractivity contribution in [1.82, 2.24) is 0 Å². The third kappa shape index (κ3) is 4.53. The summed E-state index contributed by atoms with van der Waals surface area (Å²) in [6.45, 7) is 1.37. The van der Waals surface area contributed by atoms with Gasteiger partial charge >= 0.3 is 5.97 Å². The summed E-state index contributed by atoms with van der Waals surface area (Å²) in [5.74, 6) is -1.37. The van der Waals surface area contributed by atoms with Gasteiger partial charge in [0.2, 0.25) is 0 Å².